The van der Waals surface area contributed by atoms with Crippen LogP contribution in [0.1, 0.15) is 6.42 Å². The lowest BCUT2D eigenvalue weighted by atomic mass is 10.2. The summed E-state index contributed by atoms with van der Waals surface area (Å²) in [4.78, 5) is 2.19. The third kappa shape index (κ3) is 3.94. The number of hydrogen-bond donors (Lipinski definition) is 1. The zero-order chi connectivity index (χ0) is 15.3. The van der Waals surface area contributed by atoms with Crippen LogP contribution in [0.5, 0.6) is 0 Å². The highest BCUT2D eigenvalue weighted by atomic mass is 32.2. The maximum Gasteiger partial charge on any atom is 0.281 e. The summed E-state index contributed by atoms with van der Waals surface area (Å²) in [5, 5.41) is 8.81. The van der Waals surface area contributed by atoms with Crippen LogP contribution in [0.3, 0.4) is 0 Å². The number of benzene rings is 1. The molecule has 0 aromatic heterocycles. The third-order valence-corrected chi connectivity index (χ3v) is 5.70. The van der Waals surface area contributed by atoms with E-state index in [1.54, 1.807) is 7.05 Å². The maximum absolute atomic E-state index is 12.4. The number of aliphatic hydroxyl groups excluding tert-OH is 1. The number of nitrogens with zero attached hydrogens (tertiary/aromatic N) is 3. The topological polar surface area (TPSA) is 64.1 Å². The number of rotatable bonds is 6. The Hall–Kier alpha value is -1.15. The van der Waals surface area contributed by atoms with Gasteiger partial charge in [-0.1, -0.05) is 18.2 Å². The molecule has 1 aromatic rings. The van der Waals surface area contributed by atoms with Gasteiger partial charge in [0.1, 0.15) is 0 Å². The molecule has 21 heavy (non-hydrogen) atoms. The van der Waals surface area contributed by atoms with Gasteiger partial charge in [0, 0.05) is 52.1 Å². The Bertz CT molecular complexity index is 528. The first-order chi connectivity index (χ1) is 10.1. The Morgan fingerprint density at radius 1 is 1.14 bits per heavy atom. The maximum atomic E-state index is 12.4. The molecule has 6 nitrogen and oxygen atoms in total. The standard InChI is InChI=1S/C14H23N3O3S/c1-15(8-5-13-18)21(19,20)17-11-9-16(10-12-17)14-6-3-2-4-7-14/h2-4,6-7,18H,5,8-13H2,1H3. The molecule has 0 atom stereocenters. The molecule has 2 rings (SSSR count). The summed E-state index contributed by atoms with van der Waals surface area (Å²) in [5.74, 6) is 0. The highest BCUT2D eigenvalue weighted by Gasteiger charge is 2.29. The van der Waals surface area contributed by atoms with E-state index in [0.29, 0.717) is 39.1 Å². The van der Waals surface area contributed by atoms with Crippen LogP contribution in [0.2, 0.25) is 0 Å². The molecule has 7 heteroatoms. The van der Waals surface area contributed by atoms with Crippen LogP contribution in [-0.4, -0.2) is 68.5 Å². The Labute approximate surface area is 126 Å². The van der Waals surface area contributed by atoms with E-state index in [4.69, 9.17) is 5.11 Å². The minimum absolute atomic E-state index is 0.00163. The average Bonchev–Trinajstić information content (AvgIpc) is 2.53. The second-order valence-corrected chi connectivity index (χ2v) is 7.16. The van der Waals surface area contributed by atoms with Crippen molar-refractivity contribution in [2.75, 3.05) is 51.3 Å². The molecule has 0 bridgehead atoms. The van der Waals surface area contributed by atoms with Crippen molar-refractivity contribution >= 4 is 15.9 Å². The fourth-order valence-electron chi connectivity index (χ4n) is 2.42. The number of aliphatic hydroxyl groups is 1. The third-order valence-electron chi connectivity index (χ3n) is 3.71. The largest absolute Gasteiger partial charge is 0.396 e. The molecule has 1 saturated heterocycles. The number of piperazine rings is 1. The summed E-state index contributed by atoms with van der Waals surface area (Å²) in [6, 6.07) is 10.0. The summed E-state index contributed by atoms with van der Waals surface area (Å²) in [6.07, 6.45) is 0.458. The van der Waals surface area contributed by atoms with Crippen LogP contribution in [0.15, 0.2) is 30.3 Å². The van der Waals surface area contributed by atoms with Gasteiger partial charge in [-0.25, -0.2) is 0 Å². The first-order valence-electron chi connectivity index (χ1n) is 7.18. The molecular weight excluding hydrogens is 290 g/mol. The van der Waals surface area contributed by atoms with E-state index >= 15 is 0 Å². The van der Waals surface area contributed by atoms with Crippen molar-refractivity contribution in [3.63, 3.8) is 0 Å². The average molecular weight is 313 g/mol. The van der Waals surface area contributed by atoms with Crippen molar-refractivity contribution < 1.29 is 13.5 Å². The van der Waals surface area contributed by atoms with E-state index in [1.165, 1.54) is 8.61 Å². The van der Waals surface area contributed by atoms with Crippen LogP contribution >= 0.6 is 0 Å². The van der Waals surface area contributed by atoms with E-state index in [-0.39, 0.29) is 6.61 Å². The van der Waals surface area contributed by atoms with Gasteiger partial charge in [-0.15, -0.1) is 0 Å². The van der Waals surface area contributed by atoms with Gasteiger partial charge in [0.25, 0.3) is 10.2 Å². The minimum Gasteiger partial charge on any atom is -0.396 e. The molecule has 0 saturated carbocycles. The van der Waals surface area contributed by atoms with Crippen LogP contribution in [0, 0.1) is 0 Å². The van der Waals surface area contributed by atoms with E-state index in [0.717, 1.165) is 5.69 Å². The second-order valence-electron chi connectivity index (χ2n) is 5.13. The minimum atomic E-state index is -3.41. The molecule has 1 aliphatic rings. The normalized spacial score (nSPS) is 17.4. The number of hydrogen-bond acceptors (Lipinski definition) is 4. The lowest BCUT2D eigenvalue weighted by Crippen LogP contribution is -2.52. The zero-order valence-electron chi connectivity index (χ0n) is 12.4. The van der Waals surface area contributed by atoms with E-state index < -0.39 is 10.2 Å². The lowest BCUT2D eigenvalue weighted by Gasteiger charge is -2.37. The lowest BCUT2D eigenvalue weighted by molar-refractivity contribution is 0.270. The fraction of sp³-hybridized carbons (Fsp3) is 0.571. The molecule has 0 spiro atoms. The van der Waals surface area contributed by atoms with Gasteiger partial charge in [-0.3, -0.25) is 0 Å². The number of para-hydroxylation sites is 1. The highest BCUT2D eigenvalue weighted by molar-refractivity contribution is 7.86. The Morgan fingerprint density at radius 3 is 2.33 bits per heavy atom. The van der Waals surface area contributed by atoms with Gasteiger partial charge in [0.2, 0.25) is 0 Å². The van der Waals surface area contributed by atoms with Gasteiger partial charge in [0.15, 0.2) is 0 Å². The molecule has 1 heterocycles. The Balaban J connectivity index is 1.94. The molecule has 1 N–H and O–H groups in total. The molecule has 118 valence electrons. The molecular formula is C14H23N3O3S. The van der Waals surface area contributed by atoms with Gasteiger partial charge in [0.05, 0.1) is 0 Å². The predicted octanol–water partition coefficient (Wildman–Crippen LogP) is 0.368. The molecule has 1 aromatic carbocycles. The van der Waals surface area contributed by atoms with E-state index in [2.05, 4.69) is 4.90 Å². The first-order valence-corrected chi connectivity index (χ1v) is 8.57. The van der Waals surface area contributed by atoms with Crippen molar-refractivity contribution in [2.45, 2.75) is 6.42 Å². The number of anilines is 1. The van der Waals surface area contributed by atoms with Crippen LogP contribution in [0.25, 0.3) is 0 Å². The molecule has 0 radical (unpaired) electrons. The molecule has 1 fully saturated rings. The summed E-state index contributed by atoms with van der Waals surface area (Å²) < 4.78 is 27.6. The van der Waals surface area contributed by atoms with Gasteiger partial charge in [-0.05, 0) is 18.6 Å². The highest BCUT2D eigenvalue weighted by Crippen LogP contribution is 2.18. The molecule has 0 amide bonds. The van der Waals surface area contributed by atoms with Gasteiger partial charge in [-0.2, -0.15) is 17.0 Å². The van der Waals surface area contributed by atoms with Gasteiger partial charge < -0.3 is 10.0 Å². The van der Waals surface area contributed by atoms with Gasteiger partial charge >= 0.3 is 0 Å². The monoisotopic (exact) mass is 313 g/mol. The van der Waals surface area contributed by atoms with Crippen molar-refractivity contribution in [3.05, 3.63) is 30.3 Å². The van der Waals surface area contributed by atoms with Crippen molar-refractivity contribution in [3.8, 4) is 0 Å². The predicted molar refractivity (Wildman–Crippen MR) is 83.5 cm³/mol. The smallest absolute Gasteiger partial charge is 0.281 e. The summed E-state index contributed by atoms with van der Waals surface area (Å²) in [7, 11) is -1.85. The van der Waals surface area contributed by atoms with Crippen molar-refractivity contribution in [1.29, 1.82) is 0 Å². The summed E-state index contributed by atoms with van der Waals surface area (Å²) in [6.45, 7) is 2.70. The van der Waals surface area contributed by atoms with Crippen molar-refractivity contribution in [2.24, 2.45) is 0 Å². The Morgan fingerprint density at radius 2 is 1.76 bits per heavy atom. The first kappa shape index (κ1) is 16.2. The zero-order valence-corrected chi connectivity index (χ0v) is 13.2. The second kappa shape index (κ2) is 7.22. The van der Waals surface area contributed by atoms with E-state index in [1.807, 2.05) is 30.3 Å². The summed E-state index contributed by atoms with van der Waals surface area (Å²) >= 11 is 0. The van der Waals surface area contributed by atoms with E-state index in [9.17, 15) is 8.42 Å². The fourth-order valence-corrected chi connectivity index (χ4v) is 3.80. The van der Waals surface area contributed by atoms with Crippen molar-refractivity contribution in [1.82, 2.24) is 8.61 Å². The summed E-state index contributed by atoms with van der Waals surface area (Å²) in [5.41, 5.74) is 1.13. The molecule has 0 aliphatic carbocycles. The SMILES string of the molecule is CN(CCCO)S(=O)(=O)N1CCN(c2ccccc2)CC1. The van der Waals surface area contributed by atoms with Crippen LogP contribution in [0.4, 0.5) is 5.69 Å². The molecule has 0 unspecified atom stereocenters. The van der Waals surface area contributed by atoms with Crippen LogP contribution in [-0.2, 0) is 10.2 Å². The molecule has 1 aliphatic heterocycles. The Kier molecular flexibility index (Phi) is 5.58. The van der Waals surface area contributed by atoms with Crippen LogP contribution < -0.4 is 4.90 Å². The quantitative estimate of drug-likeness (QED) is 0.824.